The Morgan fingerprint density at radius 1 is 1.46 bits per heavy atom. The van der Waals surface area contributed by atoms with Crippen molar-refractivity contribution in [2.75, 3.05) is 0 Å². The summed E-state index contributed by atoms with van der Waals surface area (Å²) >= 11 is 2.01. The summed E-state index contributed by atoms with van der Waals surface area (Å²) in [6.45, 7) is 0. The lowest BCUT2D eigenvalue weighted by Crippen LogP contribution is -1.81. The molecule has 0 radical (unpaired) electrons. The van der Waals surface area contributed by atoms with Crippen molar-refractivity contribution in [3.05, 3.63) is 33.3 Å². The minimum absolute atomic E-state index is 0.324. The molecule has 0 saturated carbocycles. The fourth-order valence-electron chi connectivity index (χ4n) is 1.27. The lowest BCUT2D eigenvalue weighted by atomic mass is 10.2. The van der Waals surface area contributed by atoms with Crippen LogP contribution in [0.4, 0.5) is 4.39 Å². The smallest absolute Gasteiger partial charge is 0.152 e. The Hall–Kier alpha value is -0.910. The lowest BCUT2D eigenvalue weighted by Gasteiger charge is -1.94. The zero-order valence-electron chi connectivity index (χ0n) is 6.47. The number of rotatable bonds is 1. The Kier molecular flexibility index (Phi) is 2.07. The number of nitrogens with one attached hydrogen (secondary N) is 1. The number of carbonyl (C=O) groups excluding carboxylic acids is 1. The number of aromatic amines is 1. The van der Waals surface area contributed by atoms with Gasteiger partial charge in [0.25, 0.3) is 0 Å². The van der Waals surface area contributed by atoms with E-state index in [-0.39, 0.29) is 5.82 Å². The molecule has 1 aromatic heterocycles. The standard InChI is InChI=1S/C9H5FINO/c10-8-2-6(11)1-7-5(4-13)3-12-9(7)8/h1-4,12H. The van der Waals surface area contributed by atoms with Crippen LogP contribution in [0.2, 0.25) is 0 Å². The maximum Gasteiger partial charge on any atom is 0.152 e. The summed E-state index contributed by atoms with van der Waals surface area (Å²) in [7, 11) is 0. The molecule has 0 amide bonds. The Morgan fingerprint density at radius 2 is 2.23 bits per heavy atom. The van der Waals surface area contributed by atoms with Crippen molar-refractivity contribution >= 4 is 39.8 Å². The zero-order chi connectivity index (χ0) is 9.42. The third-order valence-corrected chi connectivity index (χ3v) is 2.49. The van der Waals surface area contributed by atoms with E-state index in [0.29, 0.717) is 22.8 Å². The molecule has 4 heteroatoms. The van der Waals surface area contributed by atoms with Crippen LogP contribution < -0.4 is 0 Å². The van der Waals surface area contributed by atoms with E-state index in [1.54, 1.807) is 6.07 Å². The molecule has 0 unspecified atom stereocenters. The minimum atomic E-state index is -0.324. The molecule has 0 atom stereocenters. The summed E-state index contributed by atoms with van der Waals surface area (Å²) in [6, 6.07) is 3.20. The molecule has 2 rings (SSSR count). The van der Waals surface area contributed by atoms with Gasteiger partial charge in [0.1, 0.15) is 5.82 Å². The van der Waals surface area contributed by atoms with E-state index >= 15 is 0 Å². The molecule has 1 N–H and O–H groups in total. The van der Waals surface area contributed by atoms with Crippen molar-refractivity contribution in [2.24, 2.45) is 0 Å². The average molecular weight is 289 g/mol. The fraction of sp³-hybridized carbons (Fsp3) is 0. The van der Waals surface area contributed by atoms with Gasteiger partial charge in [0.15, 0.2) is 6.29 Å². The molecule has 0 aliphatic carbocycles. The predicted octanol–water partition coefficient (Wildman–Crippen LogP) is 2.72. The molecule has 0 spiro atoms. The molecular weight excluding hydrogens is 284 g/mol. The molecule has 66 valence electrons. The zero-order valence-corrected chi connectivity index (χ0v) is 8.63. The topological polar surface area (TPSA) is 32.9 Å². The van der Waals surface area contributed by atoms with Gasteiger partial charge in [0.2, 0.25) is 0 Å². The molecule has 1 aromatic carbocycles. The normalized spacial score (nSPS) is 10.6. The van der Waals surface area contributed by atoms with E-state index in [0.717, 1.165) is 3.57 Å². The highest BCUT2D eigenvalue weighted by molar-refractivity contribution is 14.1. The highest BCUT2D eigenvalue weighted by Gasteiger charge is 2.07. The van der Waals surface area contributed by atoms with Gasteiger partial charge in [-0.3, -0.25) is 4.79 Å². The van der Waals surface area contributed by atoms with E-state index in [9.17, 15) is 9.18 Å². The number of halogens is 2. The number of hydrogen-bond acceptors (Lipinski definition) is 1. The molecule has 1 heterocycles. The van der Waals surface area contributed by atoms with E-state index in [1.807, 2.05) is 22.6 Å². The average Bonchev–Trinajstić information content (AvgIpc) is 2.47. The van der Waals surface area contributed by atoms with E-state index in [1.165, 1.54) is 12.3 Å². The Balaban J connectivity index is 2.89. The van der Waals surface area contributed by atoms with Crippen LogP contribution in [0.3, 0.4) is 0 Å². The molecule has 0 saturated heterocycles. The van der Waals surface area contributed by atoms with Gasteiger partial charge in [0.05, 0.1) is 5.52 Å². The SMILES string of the molecule is O=Cc1c[nH]c2c(F)cc(I)cc12. The first kappa shape index (κ1) is 8.68. The third kappa shape index (κ3) is 1.35. The van der Waals surface area contributed by atoms with Crippen molar-refractivity contribution in [2.45, 2.75) is 0 Å². The molecule has 2 aromatic rings. The van der Waals surface area contributed by atoms with Crippen LogP contribution in [0, 0.1) is 9.39 Å². The Morgan fingerprint density at radius 3 is 2.92 bits per heavy atom. The summed E-state index contributed by atoms with van der Waals surface area (Å²) in [6.07, 6.45) is 2.23. The van der Waals surface area contributed by atoms with Crippen LogP contribution in [0.25, 0.3) is 10.9 Å². The summed E-state index contributed by atoms with van der Waals surface area (Å²) in [5.74, 6) is -0.324. The van der Waals surface area contributed by atoms with Gasteiger partial charge in [-0.1, -0.05) is 0 Å². The number of aromatic nitrogens is 1. The van der Waals surface area contributed by atoms with E-state index < -0.39 is 0 Å². The number of carbonyl (C=O) groups is 1. The molecule has 0 aliphatic rings. The molecule has 13 heavy (non-hydrogen) atoms. The van der Waals surface area contributed by atoms with Crippen molar-refractivity contribution < 1.29 is 9.18 Å². The van der Waals surface area contributed by atoms with Gasteiger partial charge in [-0.2, -0.15) is 0 Å². The monoisotopic (exact) mass is 289 g/mol. The molecule has 2 nitrogen and oxygen atoms in total. The first-order chi connectivity index (χ1) is 6.22. The van der Waals surface area contributed by atoms with Gasteiger partial charge >= 0.3 is 0 Å². The maximum atomic E-state index is 13.2. The summed E-state index contributed by atoms with van der Waals surface area (Å²) < 4.78 is 14.0. The Labute approximate surface area is 87.3 Å². The van der Waals surface area contributed by atoms with Crippen LogP contribution in [0.1, 0.15) is 10.4 Å². The summed E-state index contributed by atoms with van der Waals surface area (Å²) in [4.78, 5) is 13.3. The predicted molar refractivity (Wildman–Crippen MR) is 56.4 cm³/mol. The number of benzene rings is 1. The second kappa shape index (κ2) is 3.10. The second-order valence-electron chi connectivity index (χ2n) is 2.67. The van der Waals surface area contributed by atoms with Gasteiger partial charge in [-0.05, 0) is 34.7 Å². The summed E-state index contributed by atoms with van der Waals surface area (Å²) in [5, 5.41) is 0.638. The second-order valence-corrected chi connectivity index (χ2v) is 3.92. The number of fused-ring (bicyclic) bond motifs is 1. The largest absolute Gasteiger partial charge is 0.358 e. The number of hydrogen-bond donors (Lipinski definition) is 1. The van der Waals surface area contributed by atoms with Crippen molar-refractivity contribution in [3.8, 4) is 0 Å². The Bertz CT molecular complexity index is 478. The third-order valence-electron chi connectivity index (χ3n) is 1.86. The van der Waals surface area contributed by atoms with E-state index in [4.69, 9.17) is 0 Å². The molecule has 0 bridgehead atoms. The highest BCUT2D eigenvalue weighted by Crippen LogP contribution is 2.22. The van der Waals surface area contributed by atoms with Crippen molar-refractivity contribution in [1.82, 2.24) is 4.98 Å². The van der Waals surface area contributed by atoms with Crippen LogP contribution in [0.15, 0.2) is 18.3 Å². The van der Waals surface area contributed by atoms with Gasteiger partial charge in [-0.25, -0.2) is 4.39 Å². The maximum absolute atomic E-state index is 13.2. The van der Waals surface area contributed by atoms with Crippen LogP contribution in [-0.4, -0.2) is 11.3 Å². The van der Waals surface area contributed by atoms with Gasteiger partial charge in [0, 0.05) is 20.7 Å². The minimum Gasteiger partial charge on any atom is -0.358 e. The van der Waals surface area contributed by atoms with Crippen LogP contribution >= 0.6 is 22.6 Å². The van der Waals surface area contributed by atoms with Crippen molar-refractivity contribution in [1.29, 1.82) is 0 Å². The number of aldehydes is 1. The fourth-order valence-corrected chi connectivity index (χ4v) is 1.86. The van der Waals surface area contributed by atoms with Crippen LogP contribution in [-0.2, 0) is 0 Å². The van der Waals surface area contributed by atoms with Gasteiger partial charge in [-0.15, -0.1) is 0 Å². The quantitative estimate of drug-likeness (QED) is 0.635. The molecular formula is C9H5FINO. The first-order valence-electron chi connectivity index (χ1n) is 3.63. The van der Waals surface area contributed by atoms with Crippen LogP contribution in [0.5, 0.6) is 0 Å². The van der Waals surface area contributed by atoms with E-state index in [2.05, 4.69) is 4.98 Å². The molecule has 0 fully saturated rings. The highest BCUT2D eigenvalue weighted by atomic mass is 127. The van der Waals surface area contributed by atoms with Gasteiger partial charge < -0.3 is 4.98 Å². The lowest BCUT2D eigenvalue weighted by molar-refractivity contribution is 0.112. The van der Waals surface area contributed by atoms with Crippen molar-refractivity contribution in [3.63, 3.8) is 0 Å². The first-order valence-corrected chi connectivity index (χ1v) is 4.71. The number of H-pyrrole nitrogens is 1. The summed E-state index contributed by atoms with van der Waals surface area (Å²) in [5.41, 5.74) is 0.884. The molecule has 0 aliphatic heterocycles.